The van der Waals surface area contributed by atoms with Crippen molar-refractivity contribution in [3.05, 3.63) is 29.6 Å². The van der Waals surface area contributed by atoms with Crippen LogP contribution in [-0.2, 0) is 6.42 Å². The van der Waals surface area contributed by atoms with Crippen molar-refractivity contribution in [3.63, 3.8) is 0 Å². The molecule has 1 fully saturated rings. The van der Waals surface area contributed by atoms with Crippen molar-refractivity contribution in [2.45, 2.75) is 39.2 Å². The topological polar surface area (TPSA) is 29.3 Å². The molecule has 0 radical (unpaired) electrons. The van der Waals surface area contributed by atoms with Gasteiger partial charge in [0.2, 0.25) is 0 Å². The Bertz CT molecular complexity index is 399. The van der Waals surface area contributed by atoms with Crippen molar-refractivity contribution < 1.29 is 4.39 Å². The molecule has 100 valence electrons. The monoisotopic (exact) mass is 250 g/mol. The molecule has 1 aromatic rings. The first-order valence-electron chi connectivity index (χ1n) is 6.89. The average Bonchev–Trinajstić information content (AvgIpc) is 3.10. The van der Waals surface area contributed by atoms with Gasteiger partial charge in [-0.2, -0.15) is 0 Å². The van der Waals surface area contributed by atoms with Gasteiger partial charge in [-0.15, -0.1) is 0 Å². The van der Waals surface area contributed by atoms with Crippen LogP contribution in [0.3, 0.4) is 0 Å². The molecule has 0 aliphatic heterocycles. The number of nitrogens with two attached hydrogens (primary N) is 1. The van der Waals surface area contributed by atoms with Gasteiger partial charge in [0.1, 0.15) is 5.82 Å². The van der Waals surface area contributed by atoms with Crippen LogP contribution in [0.5, 0.6) is 0 Å². The number of rotatable bonds is 6. The van der Waals surface area contributed by atoms with Crippen LogP contribution in [0.25, 0.3) is 0 Å². The Hall–Kier alpha value is -1.09. The lowest BCUT2D eigenvalue weighted by Crippen LogP contribution is -2.28. The number of anilines is 1. The summed E-state index contributed by atoms with van der Waals surface area (Å²) in [6, 6.07) is 5.15. The first-order valence-corrected chi connectivity index (χ1v) is 6.89. The highest BCUT2D eigenvalue weighted by atomic mass is 19.1. The summed E-state index contributed by atoms with van der Waals surface area (Å²) in [4.78, 5) is 2.36. The maximum atomic E-state index is 13.4. The van der Waals surface area contributed by atoms with Gasteiger partial charge in [-0.1, -0.05) is 0 Å². The highest BCUT2D eigenvalue weighted by Crippen LogP contribution is 2.32. The van der Waals surface area contributed by atoms with E-state index in [9.17, 15) is 4.39 Å². The molecule has 2 nitrogen and oxygen atoms in total. The Morgan fingerprint density at radius 3 is 2.72 bits per heavy atom. The van der Waals surface area contributed by atoms with Crippen molar-refractivity contribution in [2.24, 2.45) is 11.7 Å². The maximum Gasteiger partial charge on any atom is 0.123 e. The molecule has 1 unspecified atom stereocenters. The molecule has 0 spiro atoms. The van der Waals surface area contributed by atoms with E-state index in [4.69, 9.17) is 5.73 Å². The third-order valence-electron chi connectivity index (χ3n) is 3.48. The van der Waals surface area contributed by atoms with Crippen LogP contribution >= 0.6 is 0 Å². The lowest BCUT2D eigenvalue weighted by Gasteiger charge is -2.26. The van der Waals surface area contributed by atoms with Crippen LogP contribution in [0.1, 0.15) is 32.3 Å². The predicted molar refractivity (Wildman–Crippen MR) is 74.4 cm³/mol. The van der Waals surface area contributed by atoms with E-state index in [0.29, 0.717) is 0 Å². The smallest absolute Gasteiger partial charge is 0.123 e. The molecule has 1 aliphatic carbocycles. The normalized spacial score (nSPS) is 16.7. The van der Waals surface area contributed by atoms with E-state index >= 15 is 0 Å². The fourth-order valence-corrected chi connectivity index (χ4v) is 2.38. The molecule has 2 N–H and O–H groups in total. The summed E-state index contributed by atoms with van der Waals surface area (Å²) in [7, 11) is 0. The van der Waals surface area contributed by atoms with E-state index in [1.54, 1.807) is 12.1 Å². The van der Waals surface area contributed by atoms with Gasteiger partial charge in [0.05, 0.1) is 0 Å². The van der Waals surface area contributed by atoms with Gasteiger partial charge in [-0.3, -0.25) is 0 Å². The summed E-state index contributed by atoms with van der Waals surface area (Å²) < 4.78 is 13.4. The van der Waals surface area contributed by atoms with Crippen LogP contribution in [-0.4, -0.2) is 19.1 Å². The molecule has 1 aromatic carbocycles. The maximum absolute atomic E-state index is 13.4. The van der Waals surface area contributed by atoms with Crippen LogP contribution < -0.4 is 10.6 Å². The SMILES string of the molecule is CCN(CC1CC1)c1ccc(F)cc1CC(C)N. The summed E-state index contributed by atoms with van der Waals surface area (Å²) in [6.45, 7) is 6.18. The molecule has 0 aromatic heterocycles. The minimum atomic E-state index is -0.170. The lowest BCUT2D eigenvalue weighted by atomic mass is 10.0. The third-order valence-corrected chi connectivity index (χ3v) is 3.48. The summed E-state index contributed by atoms with van der Waals surface area (Å²) in [5.74, 6) is 0.662. The average molecular weight is 250 g/mol. The zero-order valence-electron chi connectivity index (χ0n) is 11.3. The van der Waals surface area contributed by atoms with Gasteiger partial charge < -0.3 is 10.6 Å². The van der Waals surface area contributed by atoms with Gasteiger partial charge in [0.25, 0.3) is 0 Å². The molecule has 0 saturated heterocycles. The summed E-state index contributed by atoms with van der Waals surface area (Å²) >= 11 is 0. The van der Waals surface area contributed by atoms with Crippen molar-refractivity contribution >= 4 is 5.69 Å². The molecule has 3 heteroatoms. The van der Waals surface area contributed by atoms with E-state index in [-0.39, 0.29) is 11.9 Å². The molecule has 0 heterocycles. The van der Waals surface area contributed by atoms with Gasteiger partial charge in [-0.05, 0) is 62.8 Å². The molecule has 2 rings (SSSR count). The molecular formula is C15H23FN2. The molecule has 0 bridgehead atoms. The predicted octanol–water partition coefficient (Wildman–Crippen LogP) is 2.95. The summed E-state index contributed by atoms with van der Waals surface area (Å²) in [5, 5.41) is 0. The zero-order chi connectivity index (χ0) is 13.1. The van der Waals surface area contributed by atoms with Gasteiger partial charge >= 0.3 is 0 Å². The molecule has 18 heavy (non-hydrogen) atoms. The zero-order valence-corrected chi connectivity index (χ0v) is 11.3. The number of nitrogens with zero attached hydrogens (tertiary/aromatic N) is 1. The number of benzene rings is 1. The van der Waals surface area contributed by atoms with Crippen molar-refractivity contribution in [1.82, 2.24) is 0 Å². The molecule has 1 atom stereocenters. The Balaban J connectivity index is 2.22. The Kier molecular flexibility index (Phi) is 4.23. The Labute approximate surface area is 109 Å². The van der Waals surface area contributed by atoms with Crippen LogP contribution in [0.4, 0.5) is 10.1 Å². The van der Waals surface area contributed by atoms with Gasteiger partial charge in [-0.25, -0.2) is 4.39 Å². The first-order chi connectivity index (χ1) is 8.60. The number of hydrogen-bond acceptors (Lipinski definition) is 2. The van der Waals surface area contributed by atoms with E-state index in [1.807, 2.05) is 13.0 Å². The minimum absolute atomic E-state index is 0.0604. The van der Waals surface area contributed by atoms with E-state index in [2.05, 4.69) is 11.8 Å². The minimum Gasteiger partial charge on any atom is -0.371 e. The number of hydrogen-bond donors (Lipinski definition) is 1. The van der Waals surface area contributed by atoms with Crippen molar-refractivity contribution in [2.75, 3.05) is 18.0 Å². The Morgan fingerprint density at radius 1 is 1.44 bits per heavy atom. The first kappa shape index (κ1) is 13.3. The highest BCUT2D eigenvalue weighted by molar-refractivity contribution is 5.54. The number of halogens is 1. The van der Waals surface area contributed by atoms with E-state index in [1.165, 1.54) is 12.8 Å². The summed E-state index contributed by atoms with van der Waals surface area (Å²) in [5.41, 5.74) is 8.05. The standard InChI is InChI=1S/C15H23FN2/c1-3-18(10-12-4-5-12)15-7-6-14(16)9-13(15)8-11(2)17/h6-7,9,11-12H,3-5,8,10,17H2,1-2H3. The van der Waals surface area contributed by atoms with Crippen LogP contribution in [0, 0.1) is 11.7 Å². The molecule has 1 saturated carbocycles. The quantitative estimate of drug-likeness (QED) is 0.841. The largest absolute Gasteiger partial charge is 0.371 e. The van der Waals surface area contributed by atoms with E-state index in [0.717, 1.165) is 36.7 Å². The van der Waals surface area contributed by atoms with Gasteiger partial charge in [0.15, 0.2) is 0 Å². The fraction of sp³-hybridized carbons (Fsp3) is 0.600. The second kappa shape index (κ2) is 5.70. The van der Waals surface area contributed by atoms with Crippen molar-refractivity contribution in [3.8, 4) is 0 Å². The molecule has 0 amide bonds. The molecule has 1 aliphatic rings. The van der Waals surface area contributed by atoms with Gasteiger partial charge in [0, 0.05) is 24.8 Å². The second-order valence-electron chi connectivity index (χ2n) is 5.44. The fourth-order valence-electron chi connectivity index (χ4n) is 2.38. The van der Waals surface area contributed by atoms with Crippen LogP contribution in [0.2, 0.25) is 0 Å². The lowest BCUT2D eigenvalue weighted by molar-refractivity contribution is 0.621. The Morgan fingerprint density at radius 2 is 2.17 bits per heavy atom. The molecular weight excluding hydrogens is 227 g/mol. The van der Waals surface area contributed by atoms with Crippen LogP contribution in [0.15, 0.2) is 18.2 Å². The second-order valence-corrected chi connectivity index (χ2v) is 5.44. The van der Waals surface area contributed by atoms with Crippen molar-refractivity contribution in [1.29, 1.82) is 0 Å². The third kappa shape index (κ3) is 3.45. The van der Waals surface area contributed by atoms with E-state index < -0.39 is 0 Å². The highest BCUT2D eigenvalue weighted by Gasteiger charge is 2.24. The summed E-state index contributed by atoms with van der Waals surface area (Å²) in [6.07, 6.45) is 3.40.